The minimum absolute atomic E-state index is 0.391. The minimum Gasteiger partial charge on any atom is -0.497 e. The Morgan fingerprint density at radius 2 is 2.00 bits per heavy atom. The summed E-state index contributed by atoms with van der Waals surface area (Å²) >= 11 is 3.73. The quantitative estimate of drug-likeness (QED) is 0.780. The number of hydrogen-bond donors (Lipinski definition) is 0. The molecule has 82 valence electrons. The fourth-order valence-electron chi connectivity index (χ4n) is 1.70. The van der Waals surface area contributed by atoms with Crippen LogP contribution in [0, 0.1) is 5.92 Å². The van der Waals surface area contributed by atoms with Crippen molar-refractivity contribution in [3.8, 4) is 11.5 Å². The Morgan fingerprint density at radius 3 is 2.53 bits per heavy atom. The van der Waals surface area contributed by atoms with Crippen molar-refractivity contribution in [2.75, 3.05) is 14.2 Å². The Kier molecular flexibility index (Phi) is 3.19. The lowest BCUT2D eigenvalue weighted by Crippen LogP contribution is -1.97. The maximum atomic E-state index is 5.36. The lowest BCUT2D eigenvalue weighted by Gasteiger charge is -2.14. The van der Waals surface area contributed by atoms with Gasteiger partial charge in [0.2, 0.25) is 0 Å². The zero-order valence-corrected chi connectivity index (χ0v) is 10.6. The number of rotatable bonds is 4. The number of benzene rings is 1. The topological polar surface area (TPSA) is 18.5 Å². The highest BCUT2D eigenvalue weighted by Crippen LogP contribution is 2.49. The maximum Gasteiger partial charge on any atom is 0.123 e. The molecule has 0 heterocycles. The van der Waals surface area contributed by atoms with Crippen molar-refractivity contribution >= 4 is 15.9 Å². The Bertz CT molecular complexity index is 347. The summed E-state index contributed by atoms with van der Waals surface area (Å²) in [6.07, 6.45) is 2.60. The predicted octanol–water partition coefficient (Wildman–Crippen LogP) is 3.55. The molecule has 0 spiro atoms. The van der Waals surface area contributed by atoms with Gasteiger partial charge in [-0.1, -0.05) is 15.9 Å². The molecule has 1 aromatic carbocycles. The molecule has 1 saturated carbocycles. The first-order valence-corrected chi connectivity index (χ1v) is 6.04. The summed E-state index contributed by atoms with van der Waals surface area (Å²) < 4.78 is 10.6. The highest BCUT2D eigenvalue weighted by atomic mass is 79.9. The van der Waals surface area contributed by atoms with Crippen LogP contribution in [0.2, 0.25) is 0 Å². The van der Waals surface area contributed by atoms with E-state index < -0.39 is 0 Å². The molecule has 15 heavy (non-hydrogen) atoms. The minimum atomic E-state index is 0.391. The molecular formula is C12H15BrO2. The van der Waals surface area contributed by atoms with Gasteiger partial charge in [-0.3, -0.25) is 0 Å². The second-order valence-electron chi connectivity index (χ2n) is 3.85. The number of methoxy groups -OCH3 is 2. The van der Waals surface area contributed by atoms with Crippen molar-refractivity contribution < 1.29 is 9.47 Å². The molecule has 1 fully saturated rings. The van der Waals surface area contributed by atoms with Crippen molar-refractivity contribution in [1.29, 1.82) is 0 Å². The van der Waals surface area contributed by atoms with Gasteiger partial charge in [0, 0.05) is 10.4 Å². The normalized spacial score (nSPS) is 17.3. The van der Waals surface area contributed by atoms with E-state index in [9.17, 15) is 0 Å². The first kappa shape index (κ1) is 10.8. The van der Waals surface area contributed by atoms with Crippen LogP contribution in [-0.4, -0.2) is 14.2 Å². The van der Waals surface area contributed by atoms with Crippen molar-refractivity contribution in [3.05, 3.63) is 23.8 Å². The third-order valence-electron chi connectivity index (χ3n) is 2.77. The Balaban J connectivity index is 2.31. The van der Waals surface area contributed by atoms with E-state index in [1.54, 1.807) is 14.2 Å². The third-order valence-corrected chi connectivity index (χ3v) is 4.01. The average Bonchev–Trinajstić information content (AvgIpc) is 3.11. The SMILES string of the molecule is COc1ccc(OC)c(C(Br)C2CC2)c1. The van der Waals surface area contributed by atoms with Crippen molar-refractivity contribution in [1.82, 2.24) is 0 Å². The van der Waals surface area contributed by atoms with Crippen LogP contribution in [-0.2, 0) is 0 Å². The molecule has 1 unspecified atom stereocenters. The summed E-state index contributed by atoms with van der Waals surface area (Å²) in [7, 11) is 3.39. The second kappa shape index (κ2) is 4.44. The van der Waals surface area contributed by atoms with Crippen molar-refractivity contribution in [2.45, 2.75) is 17.7 Å². The van der Waals surface area contributed by atoms with E-state index in [1.165, 1.54) is 18.4 Å². The average molecular weight is 271 g/mol. The van der Waals surface area contributed by atoms with Gasteiger partial charge in [0.05, 0.1) is 14.2 Å². The summed E-state index contributed by atoms with van der Waals surface area (Å²) in [4.78, 5) is 0.391. The molecule has 1 atom stereocenters. The molecular weight excluding hydrogens is 256 g/mol. The van der Waals surface area contributed by atoms with Crippen molar-refractivity contribution in [3.63, 3.8) is 0 Å². The van der Waals surface area contributed by atoms with Crippen LogP contribution in [0.1, 0.15) is 23.2 Å². The van der Waals surface area contributed by atoms with Gasteiger partial charge in [-0.05, 0) is 37.0 Å². The summed E-state index contributed by atoms with van der Waals surface area (Å²) in [6, 6.07) is 5.94. The van der Waals surface area contributed by atoms with E-state index >= 15 is 0 Å². The molecule has 3 heteroatoms. The highest BCUT2D eigenvalue weighted by molar-refractivity contribution is 9.09. The van der Waals surface area contributed by atoms with Crippen molar-refractivity contribution in [2.24, 2.45) is 5.92 Å². The Morgan fingerprint density at radius 1 is 1.27 bits per heavy atom. The molecule has 1 aliphatic rings. The monoisotopic (exact) mass is 270 g/mol. The van der Waals surface area contributed by atoms with Crippen LogP contribution in [0.3, 0.4) is 0 Å². The second-order valence-corrected chi connectivity index (χ2v) is 4.83. The third kappa shape index (κ3) is 2.28. The van der Waals surface area contributed by atoms with E-state index in [4.69, 9.17) is 9.47 Å². The fourth-order valence-corrected chi connectivity index (χ4v) is 2.58. The smallest absolute Gasteiger partial charge is 0.123 e. The molecule has 0 radical (unpaired) electrons. The Labute approximate surface area is 98.7 Å². The fraction of sp³-hybridized carbons (Fsp3) is 0.500. The van der Waals surface area contributed by atoms with Gasteiger partial charge in [-0.25, -0.2) is 0 Å². The van der Waals surface area contributed by atoms with Crippen LogP contribution in [0.15, 0.2) is 18.2 Å². The van der Waals surface area contributed by atoms with Crippen LogP contribution in [0.4, 0.5) is 0 Å². The van der Waals surface area contributed by atoms with E-state index in [-0.39, 0.29) is 0 Å². The van der Waals surface area contributed by atoms with Gasteiger partial charge in [-0.15, -0.1) is 0 Å². The molecule has 0 aromatic heterocycles. The summed E-state index contributed by atoms with van der Waals surface area (Å²) in [5.41, 5.74) is 1.19. The molecule has 0 N–H and O–H groups in total. The molecule has 0 saturated heterocycles. The van der Waals surface area contributed by atoms with Crippen LogP contribution >= 0.6 is 15.9 Å². The molecule has 0 bridgehead atoms. The van der Waals surface area contributed by atoms with Crippen LogP contribution in [0.25, 0.3) is 0 Å². The molecule has 2 nitrogen and oxygen atoms in total. The predicted molar refractivity (Wildman–Crippen MR) is 63.9 cm³/mol. The zero-order valence-electron chi connectivity index (χ0n) is 9.00. The summed E-state index contributed by atoms with van der Waals surface area (Å²) in [5.74, 6) is 2.58. The summed E-state index contributed by atoms with van der Waals surface area (Å²) in [5, 5.41) is 0. The standard InChI is InChI=1S/C12H15BrO2/c1-14-9-5-6-11(15-2)10(7-9)12(13)8-3-4-8/h5-8,12H,3-4H2,1-2H3. The molecule has 2 rings (SSSR count). The van der Waals surface area contributed by atoms with Gasteiger partial charge < -0.3 is 9.47 Å². The van der Waals surface area contributed by atoms with Gasteiger partial charge in [0.1, 0.15) is 11.5 Å². The maximum absolute atomic E-state index is 5.36. The van der Waals surface area contributed by atoms with Gasteiger partial charge >= 0.3 is 0 Å². The molecule has 0 amide bonds. The van der Waals surface area contributed by atoms with E-state index in [2.05, 4.69) is 22.0 Å². The van der Waals surface area contributed by atoms with Crippen LogP contribution < -0.4 is 9.47 Å². The lowest BCUT2D eigenvalue weighted by molar-refractivity contribution is 0.397. The van der Waals surface area contributed by atoms with E-state index in [0.29, 0.717) is 4.83 Å². The van der Waals surface area contributed by atoms with Gasteiger partial charge in [0.25, 0.3) is 0 Å². The summed E-state index contributed by atoms with van der Waals surface area (Å²) in [6.45, 7) is 0. The number of alkyl halides is 1. The molecule has 1 aromatic rings. The number of ether oxygens (including phenoxy) is 2. The molecule has 1 aliphatic carbocycles. The largest absolute Gasteiger partial charge is 0.497 e. The van der Waals surface area contributed by atoms with Gasteiger partial charge in [-0.2, -0.15) is 0 Å². The zero-order chi connectivity index (χ0) is 10.8. The number of halogens is 1. The van der Waals surface area contributed by atoms with E-state index in [0.717, 1.165) is 17.4 Å². The number of hydrogen-bond acceptors (Lipinski definition) is 2. The Hall–Kier alpha value is -0.700. The van der Waals surface area contributed by atoms with Gasteiger partial charge in [0.15, 0.2) is 0 Å². The van der Waals surface area contributed by atoms with E-state index in [1.807, 2.05) is 12.1 Å². The lowest BCUT2D eigenvalue weighted by atomic mass is 10.1. The first-order chi connectivity index (χ1) is 7.26. The first-order valence-electron chi connectivity index (χ1n) is 5.12. The highest BCUT2D eigenvalue weighted by Gasteiger charge is 2.32. The van der Waals surface area contributed by atoms with Crippen LogP contribution in [0.5, 0.6) is 11.5 Å². The molecule has 0 aliphatic heterocycles.